The zero-order valence-corrected chi connectivity index (χ0v) is 15.0. The van der Waals surface area contributed by atoms with Crippen molar-refractivity contribution in [2.45, 2.75) is 44.7 Å². The van der Waals surface area contributed by atoms with Crippen molar-refractivity contribution in [2.75, 3.05) is 27.3 Å². The van der Waals surface area contributed by atoms with E-state index >= 15 is 0 Å². The number of hydrogen-bond acceptors (Lipinski definition) is 3. The third-order valence-electron chi connectivity index (χ3n) is 4.40. The van der Waals surface area contributed by atoms with Crippen molar-refractivity contribution in [1.29, 1.82) is 0 Å². The van der Waals surface area contributed by atoms with Gasteiger partial charge in [-0.05, 0) is 31.2 Å². The zero-order valence-electron chi connectivity index (χ0n) is 14.1. The van der Waals surface area contributed by atoms with Crippen molar-refractivity contribution in [2.24, 2.45) is 0 Å². The Bertz CT molecular complexity index is 562. The summed E-state index contributed by atoms with van der Waals surface area (Å²) < 4.78 is 34.2. The second-order valence-electron chi connectivity index (χ2n) is 6.14. The van der Waals surface area contributed by atoms with Gasteiger partial charge >= 0.3 is 0 Å². The van der Waals surface area contributed by atoms with Crippen LogP contribution in [0.5, 0.6) is 0 Å². The van der Waals surface area contributed by atoms with Gasteiger partial charge in [0.1, 0.15) is 0 Å². The van der Waals surface area contributed by atoms with E-state index < -0.39 is 10.2 Å². The minimum atomic E-state index is -3.42. The summed E-state index contributed by atoms with van der Waals surface area (Å²) in [5.74, 6) is 0. The fraction of sp³-hybridized carbons (Fsp3) is 0.647. The smallest absolute Gasteiger partial charge is 0.282 e. The van der Waals surface area contributed by atoms with Gasteiger partial charge in [0.2, 0.25) is 0 Å². The molecular weight excluding hydrogens is 312 g/mol. The van der Waals surface area contributed by atoms with Crippen LogP contribution in [0.4, 0.5) is 0 Å². The number of nitrogens with zero attached hydrogens (tertiary/aromatic N) is 2. The van der Waals surface area contributed by atoms with E-state index in [2.05, 4.69) is 0 Å². The van der Waals surface area contributed by atoms with E-state index in [1.165, 1.54) is 4.31 Å². The summed E-state index contributed by atoms with van der Waals surface area (Å²) in [7, 11) is -0.0673. The summed E-state index contributed by atoms with van der Waals surface area (Å²) in [5.41, 5.74) is 1.01. The number of piperidine rings is 1. The van der Waals surface area contributed by atoms with Crippen molar-refractivity contribution in [1.82, 2.24) is 8.61 Å². The molecule has 1 aliphatic rings. The molecular formula is C17H28N2O3S. The van der Waals surface area contributed by atoms with Crippen LogP contribution in [0.3, 0.4) is 0 Å². The second-order valence-corrected chi connectivity index (χ2v) is 8.13. The molecule has 1 heterocycles. The fourth-order valence-electron chi connectivity index (χ4n) is 3.13. The third-order valence-corrected chi connectivity index (χ3v) is 6.39. The Hall–Kier alpha value is -0.950. The van der Waals surface area contributed by atoms with Gasteiger partial charge in [-0.15, -0.1) is 0 Å². The Labute approximate surface area is 140 Å². The Balaban J connectivity index is 2.05. The molecule has 0 spiro atoms. The van der Waals surface area contributed by atoms with Crippen molar-refractivity contribution in [3.8, 4) is 0 Å². The van der Waals surface area contributed by atoms with Crippen LogP contribution in [-0.2, 0) is 21.5 Å². The standard InChI is InChI=1S/C17H28N2O3S/c1-18(15-16-9-4-3-5-10-16)23(20,21)19-13-7-6-11-17(19)12-8-14-22-2/h3-5,9-10,17H,6-8,11-15H2,1-2H3. The van der Waals surface area contributed by atoms with E-state index in [9.17, 15) is 8.42 Å². The molecule has 2 rings (SSSR count). The quantitative estimate of drug-likeness (QED) is 0.684. The lowest BCUT2D eigenvalue weighted by atomic mass is 10.0. The summed E-state index contributed by atoms with van der Waals surface area (Å²) >= 11 is 0. The Kier molecular flexibility index (Phi) is 7.02. The highest BCUT2D eigenvalue weighted by Crippen LogP contribution is 2.25. The maximum absolute atomic E-state index is 13.0. The minimum Gasteiger partial charge on any atom is -0.385 e. The molecule has 1 fully saturated rings. The van der Waals surface area contributed by atoms with Crippen LogP contribution >= 0.6 is 0 Å². The fourth-order valence-corrected chi connectivity index (χ4v) is 4.75. The molecule has 1 saturated heterocycles. The Morgan fingerprint density at radius 3 is 2.70 bits per heavy atom. The van der Waals surface area contributed by atoms with Crippen molar-refractivity contribution in [3.63, 3.8) is 0 Å². The first-order valence-electron chi connectivity index (χ1n) is 8.31. The van der Waals surface area contributed by atoms with Gasteiger partial charge < -0.3 is 4.74 Å². The highest BCUT2D eigenvalue weighted by Gasteiger charge is 2.34. The molecule has 130 valence electrons. The first kappa shape index (κ1) is 18.4. The summed E-state index contributed by atoms with van der Waals surface area (Å²) in [6.07, 6.45) is 4.76. The van der Waals surface area contributed by atoms with Gasteiger partial charge in [-0.3, -0.25) is 0 Å². The molecule has 1 atom stereocenters. The molecule has 0 aliphatic carbocycles. The predicted molar refractivity (Wildman–Crippen MR) is 92.3 cm³/mol. The summed E-state index contributed by atoms with van der Waals surface area (Å²) in [5, 5.41) is 0. The van der Waals surface area contributed by atoms with Gasteiger partial charge in [-0.1, -0.05) is 36.8 Å². The van der Waals surface area contributed by atoms with E-state index in [0.29, 0.717) is 19.7 Å². The molecule has 23 heavy (non-hydrogen) atoms. The molecule has 6 heteroatoms. The van der Waals surface area contributed by atoms with Gasteiger partial charge in [0, 0.05) is 39.9 Å². The molecule has 0 N–H and O–H groups in total. The predicted octanol–water partition coefficient (Wildman–Crippen LogP) is 2.64. The van der Waals surface area contributed by atoms with E-state index in [1.807, 2.05) is 30.3 Å². The van der Waals surface area contributed by atoms with Crippen molar-refractivity contribution in [3.05, 3.63) is 35.9 Å². The Morgan fingerprint density at radius 2 is 2.00 bits per heavy atom. The number of hydrogen-bond donors (Lipinski definition) is 0. The topological polar surface area (TPSA) is 49.9 Å². The summed E-state index contributed by atoms with van der Waals surface area (Å²) in [6.45, 7) is 1.72. The molecule has 0 aromatic heterocycles. The Morgan fingerprint density at radius 1 is 1.26 bits per heavy atom. The van der Waals surface area contributed by atoms with E-state index in [4.69, 9.17) is 4.74 Å². The van der Waals surface area contributed by atoms with Crippen LogP contribution in [0.25, 0.3) is 0 Å². The van der Waals surface area contributed by atoms with E-state index in [1.54, 1.807) is 18.5 Å². The van der Waals surface area contributed by atoms with Gasteiger partial charge in [-0.25, -0.2) is 0 Å². The first-order chi connectivity index (χ1) is 11.1. The monoisotopic (exact) mass is 340 g/mol. The largest absolute Gasteiger partial charge is 0.385 e. The van der Waals surface area contributed by atoms with Gasteiger partial charge in [0.25, 0.3) is 10.2 Å². The number of benzene rings is 1. The molecule has 1 unspecified atom stereocenters. The molecule has 1 aromatic rings. The molecule has 1 aromatic carbocycles. The zero-order chi connectivity index (χ0) is 16.7. The summed E-state index contributed by atoms with van der Waals surface area (Å²) in [6, 6.07) is 9.82. The lowest BCUT2D eigenvalue weighted by molar-refractivity contribution is 0.169. The van der Waals surface area contributed by atoms with Gasteiger partial charge in [0.15, 0.2) is 0 Å². The minimum absolute atomic E-state index is 0.0992. The molecule has 0 amide bonds. The van der Waals surface area contributed by atoms with Gasteiger partial charge in [-0.2, -0.15) is 17.0 Å². The SMILES string of the molecule is COCCCC1CCCCN1S(=O)(=O)N(C)Cc1ccccc1. The van der Waals surface area contributed by atoms with Crippen molar-refractivity contribution < 1.29 is 13.2 Å². The molecule has 1 aliphatic heterocycles. The highest BCUT2D eigenvalue weighted by molar-refractivity contribution is 7.86. The van der Waals surface area contributed by atoms with Crippen LogP contribution < -0.4 is 0 Å². The van der Waals surface area contributed by atoms with Crippen molar-refractivity contribution >= 4 is 10.2 Å². The average molecular weight is 340 g/mol. The highest BCUT2D eigenvalue weighted by atomic mass is 32.2. The van der Waals surface area contributed by atoms with Crippen LogP contribution in [0.2, 0.25) is 0 Å². The van der Waals surface area contributed by atoms with Crippen LogP contribution in [-0.4, -0.2) is 50.4 Å². The summed E-state index contributed by atoms with van der Waals surface area (Å²) in [4.78, 5) is 0. The molecule has 0 radical (unpaired) electrons. The molecule has 5 nitrogen and oxygen atoms in total. The lowest BCUT2D eigenvalue weighted by Gasteiger charge is -2.37. The van der Waals surface area contributed by atoms with Gasteiger partial charge in [0.05, 0.1) is 0 Å². The molecule has 0 saturated carbocycles. The maximum atomic E-state index is 13.0. The second kappa shape index (κ2) is 8.78. The number of rotatable bonds is 8. The van der Waals surface area contributed by atoms with Crippen LogP contribution in [0.15, 0.2) is 30.3 Å². The van der Waals surface area contributed by atoms with Crippen LogP contribution in [0.1, 0.15) is 37.7 Å². The van der Waals surface area contributed by atoms with Crippen LogP contribution in [0, 0.1) is 0 Å². The normalized spacial score (nSPS) is 20.0. The lowest BCUT2D eigenvalue weighted by Crippen LogP contribution is -2.49. The maximum Gasteiger partial charge on any atom is 0.282 e. The van der Waals surface area contributed by atoms with E-state index in [-0.39, 0.29) is 6.04 Å². The van der Waals surface area contributed by atoms with E-state index in [0.717, 1.165) is 37.7 Å². The third kappa shape index (κ3) is 5.01. The number of methoxy groups -OCH3 is 1. The average Bonchev–Trinajstić information content (AvgIpc) is 2.56. The molecule has 0 bridgehead atoms. The number of ether oxygens (including phenoxy) is 1. The first-order valence-corrected chi connectivity index (χ1v) is 9.71.